The Morgan fingerprint density at radius 3 is 2.27 bits per heavy atom. The van der Waals surface area contributed by atoms with Crippen molar-refractivity contribution >= 4 is 57.4 Å². The lowest BCUT2D eigenvalue weighted by Crippen LogP contribution is -2.12. The van der Waals surface area contributed by atoms with Gasteiger partial charge in [-0.2, -0.15) is 0 Å². The zero-order valence-corrected chi connectivity index (χ0v) is 20.8. The smallest absolute Gasteiger partial charge is 0.354 e. The maximum atomic E-state index is 13.4. The van der Waals surface area contributed by atoms with Crippen molar-refractivity contribution in [3.05, 3.63) is 88.4 Å². The summed E-state index contributed by atoms with van der Waals surface area (Å²) in [6, 6.07) is 22.5. The van der Waals surface area contributed by atoms with E-state index >= 15 is 0 Å². The lowest BCUT2D eigenvalue weighted by atomic mass is 10.00. The predicted octanol–water partition coefficient (Wildman–Crippen LogP) is 6.27. The molecule has 1 aliphatic heterocycles. The largest absolute Gasteiger partial charge is 0.361 e. The molecule has 0 radical (unpaired) electrons. The van der Waals surface area contributed by atoms with Gasteiger partial charge < -0.3 is 19.7 Å². The third-order valence-corrected chi connectivity index (χ3v) is 7.72. The lowest BCUT2D eigenvalue weighted by molar-refractivity contribution is -0.110. The molecule has 0 fully saturated rings. The van der Waals surface area contributed by atoms with E-state index in [0.717, 1.165) is 15.7 Å². The summed E-state index contributed by atoms with van der Waals surface area (Å²) in [5.74, 6) is -0.242. The molecule has 3 aromatic carbocycles. The van der Waals surface area contributed by atoms with Crippen LogP contribution in [0.3, 0.4) is 0 Å². The van der Waals surface area contributed by atoms with Crippen LogP contribution in [0, 0.1) is 0 Å². The Bertz CT molecular complexity index is 1230. The lowest BCUT2D eigenvalue weighted by Gasteiger charge is -2.18. The first kappa shape index (κ1) is 23.5. The Balaban J connectivity index is 1.89. The molecular weight excluding hydrogens is 503 g/mol. The third kappa shape index (κ3) is 4.97. The normalized spacial score (nSPS) is 14.6. The fraction of sp³-hybridized carbons (Fsp3) is 0.160. The van der Waals surface area contributed by atoms with E-state index in [4.69, 9.17) is 9.05 Å². The van der Waals surface area contributed by atoms with Crippen LogP contribution in [0.2, 0.25) is 0 Å². The molecule has 0 bridgehead atoms. The van der Waals surface area contributed by atoms with Crippen molar-refractivity contribution in [2.75, 3.05) is 23.8 Å². The number of fused-ring (bicyclic) bond motifs is 1. The second kappa shape index (κ2) is 10.1. The number of nitrogens with one attached hydrogen (secondary N) is 2. The summed E-state index contributed by atoms with van der Waals surface area (Å²) >= 11 is 3.45. The molecule has 1 aliphatic rings. The SMILES string of the molecule is CCOP(=O)(OCC)c1ccc2c(c1)/C(=C(/Nc1ccc(Br)cc1)c1ccccc1)C(=O)N2. The fourth-order valence-electron chi connectivity index (χ4n) is 3.66. The molecule has 2 N–H and O–H groups in total. The van der Waals surface area contributed by atoms with Gasteiger partial charge in [-0.15, -0.1) is 0 Å². The van der Waals surface area contributed by atoms with Crippen molar-refractivity contribution < 1.29 is 18.4 Å². The molecule has 1 heterocycles. The van der Waals surface area contributed by atoms with Gasteiger partial charge in [0.05, 0.1) is 29.8 Å². The van der Waals surface area contributed by atoms with Gasteiger partial charge in [0.1, 0.15) is 0 Å². The number of hydrogen-bond acceptors (Lipinski definition) is 5. The highest BCUT2D eigenvalue weighted by Gasteiger charge is 2.33. The highest BCUT2D eigenvalue weighted by molar-refractivity contribution is 9.10. The van der Waals surface area contributed by atoms with Gasteiger partial charge in [0.2, 0.25) is 0 Å². The average molecular weight is 527 g/mol. The highest BCUT2D eigenvalue weighted by atomic mass is 79.9. The van der Waals surface area contributed by atoms with Crippen molar-refractivity contribution in [3.63, 3.8) is 0 Å². The number of hydrogen-bond donors (Lipinski definition) is 2. The van der Waals surface area contributed by atoms with Crippen LogP contribution in [-0.4, -0.2) is 19.1 Å². The van der Waals surface area contributed by atoms with Crippen LogP contribution in [0.5, 0.6) is 0 Å². The van der Waals surface area contributed by atoms with Gasteiger partial charge in [0, 0.05) is 21.4 Å². The summed E-state index contributed by atoms with van der Waals surface area (Å²) in [6.07, 6.45) is 0. The number of benzene rings is 3. The molecule has 8 heteroatoms. The third-order valence-electron chi connectivity index (χ3n) is 5.09. The summed E-state index contributed by atoms with van der Waals surface area (Å²) in [6.45, 7) is 4.03. The molecule has 0 spiro atoms. The van der Waals surface area contributed by atoms with Crippen LogP contribution in [0.4, 0.5) is 11.4 Å². The molecule has 3 aromatic rings. The van der Waals surface area contributed by atoms with Gasteiger partial charge in [0.15, 0.2) is 0 Å². The van der Waals surface area contributed by atoms with Crippen LogP contribution >= 0.6 is 23.5 Å². The summed E-state index contributed by atoms with van der Waals surface area (Å²) < 4.78 is 25.4. The highest BCUT2D eigenvalue weighted by Crippen LogP contribution is 2.48. The van der Waals surface area contributed by atoms with Gasteiger partial charge in [0.25, 0.3) is 5.91 Å². The van der Waals surface area contributed by atoms with Gasteiger partial charge in [-0.1, -0.05) is 46.3 Å². The molecule has 0 saturated heterocycles. The maximum Gasteiger partial charge on any atom is 0.361 e. The van der Waals surface area contributed by atoms with Gasteiger partial charge >= 0.3 is 7.60 Å². The van der Waals surface area contributed by atoms with E-state index in [1.807, 2.05) is 54.6 Å². The summed E-state index contributed by atoms with van der Waals surface area (Å²) in [4.78, 5) is 13.2. The van der Waals surface area contributed by atoms with Crippen LogP contribution in [0.1, 0.15) is 25.0 Å². The second-order valence-corrected chi connectivity index (χ2v) is 10.2. The number of anilines is 2. The molecule has 6 nitrogen and oxygen atoms in total. The molecule has 0 aliphatic carbocycles. The molecule has 0 aromatic heterocycles. The first-order chi connectivity index (χ1) is 15.9. The van der Waals surface area contributed by atoms with E-state index in [9.17, 15) is 9.36 Å². The monoisotopic (exact) mass is 526 g/mol. The van der Waals surface area contributed by atoms with E-state index in [1.165, 1.54) is 0 Å². The molecule has 33 heavy (non-hydrogen) atoms. The standard InChI is InChI=1S/C25H24BrN2O4P/c1-3-31-33(30,32-4-2)20-14-15-22-21(16-20)23(25(29)28-22)24(17-8-6-5-7-9-17)27-19-12-10-18(26)11-13-19/h5-16,27H,3-4H2,1-2H3,(H,28,29)/b24-23-. The van der Waals surface area contributed by atoms with Crippen LogP contribution in [-0.2, 0) is 18.4 Å². The van der Waals surface area contributed by atoms with E-state index in [0.29, 0.717) is 27.8 Å². The van der Waals surface area contributed by atoms with Crippen LogP contribution < -0.4 is 15.9 Å². The minimum absolute atomic E-state index is 0.242. The van der Waals surface area contributed by atoms with Gasteiger partial charge in [-0.25, -0.2) is 0 Å². The first-order valence-corrected chi connectivity index (χ1v) is 13.0. The molecule has 0 unspecified atom stereocenters. The molecule has 1 amide bonds. The molecule has 0 saturated carbocycles. The molecule has 0 atom stereocenters. The topological polar surface area (TPSA) is 76.7 Å². The summed E-state index contributed by atoms with van der Waals surface area (Å²) in [7, 11) is -3.51. The van der Waals surface area contributed by atoms with Crippen LogP contribution in [0.25, 0.3) is 11.3 Å². The van der Waals surface area contributed by atoms with Crippen molar-refractivity contribution in [2.45, 2.75) is 13.8 Å². The van der Waals surface area contributed by atoms with E-state index < -0.39 is 7.60 Å². The minimum Gasteiger partial charge on any atom is -0.354 e. The number of carbonyl (C=O) groups excluding carboxylic acids is 1. The van der Waals surface area contributed by atoms with Crippen LogP contribution in [0.15, 0.2) is 77.3 Å². The minimum atomic E-state index is -3.51. The number of rotatable bonds is 8. The maximum absolute atomic E-state index is 13.4. The Morgan fingerprint density at radius 1 is 0.970 bits per heavy atom. The Hall–Kier alpha value is -2.70. The van der Waals surface area contributed by atoms with Gasteiger partial charge in [-0.3, -0.25) is 9.36 Å². The van der Waals surface area contributed by atoms with Crippen molar-refractivity contribution in [1.29, 1.82) is 0 Å². The molecule has 4 rings (SSSR count). The summed E-state index contributed by atoms with van der Waals surface area (Å²) in [5.41, 5.74) is 4.07. The van der Waals surface area contributed by atoms with Crippen molar-refractivity contribution in [2.24, 2.45) is 0 Å². The zero-order valence-electron chi connectivity index (χ0n) is 18.3. The number of carbonyl (C=O) groups is 1. The van der Waals surface area contributed by atoms with E-state index in [1.54, 1.807) is 32.0 Å². The van der Waals surface area contributed by atoms with Gasteiger partial charge in [-0.05, 0) is 61.9 Å². The first-order valence-electron chi connectivity index (χ1n) is 10.6. The Kier molecular flexibility index (Phi) is 7.15. The molecule has 170 valence electrons. The average Bonchev–Trinajstić information content (AvgIpc) is 3.14. The van der Waals surface area contributed by atoms with Crippen molar-refractivity contribution in [1.82, 2.24) is 0 Å². The quantitative estimate of drug-likeness (QED) is 0.267. The van der Waals surface area contributed by atoms with Crippen molar-refractivity contribution in [3.8, 4) is 0 Å². The van der Waals surface area contributed by atoms with E-state index in [2.05, 4.69) is 26.6 Å². The number of amides is 1. The second-order valence-electron chi connectivity index (χ2n) is 7.26. The fourth-order valence-corrected chi connectivity index (χ4v) is 5.52. The predicted molar refractivity (Wildman–Crippen MR) is 137 cm³/mol. The Morgan fingerprint density at radius 2 is 1.64 bits per heavy atom. The van der Waals surface area contributed by atoms with E-state index in [-0.39, 0.29) is 19.1 Å². The molecular formula is C25H24BrN2O4P. The summed E-state index contributed by atoms with van der Waals surface area (Å²) in [5, 5.41) is 6.74. The zero-order chi connectivity index (χ0) is 23.4. The Labute approximate surface area is 201 Å². The number of halogens is 1.